The second-order valence-corrected chi connectivity index (χ2v) is 4.03. The predicted octanol–water partition coefficient (Wildman–Crippen LogP) is 2.17. The highest BCUT2D eigenvalue weighted by atomic mass is 79.9. The minimum atomic E-state index is -4.54. The van der Waals surface area contributed by atoms with Crippen LogP contribution in [0.25, 0.3) is 0 Å². The van der Waals surface area contributed by atoms with Crippen LogP contribution in [0, 0.1) is 0 Å². The highest BCUT2D eigenvalue weighted by molar-refractivity contribution is 9.10. The summed E-state index contributed by atoms with van der Waals surface area (Å²) in [5, 5.41) is 18.2. The fourth-order valence-electron chi connectivity index (χ4n) is 1.23. The first kappa shape index (κ1) is 13.3. The van der Waals surface area contributed by atoms with Crippen molar-refractivity contribution in [3.63, 3.8) is 0 Å². The number of aliphatic hydroxyl groups is 1. The molecule has 0 aliphatic carbocycles. The van der Waals surface area contributed by atoms with Gasteiger partial charge in [-0.15, -0.1) is 0 Å². The third-order valence-electron chi connectivity index (χ3n) is 2.00. The summed E-state index contributed by atoms with van der Waals surface area (Å²) in [5.74, 6) is -0.594. The first-order chi connectivity index (χ1) is 7.27. The molecule has 0 fully saturated rings. The van der Waals surface area contributed by atoms with Gasteiger partial charge in [0.05, 0.1) is 18.2 Å². The molecule has 0 saturated carbocycles. The monoisotopic (exact) mass is 299 g/mol. The van der Waals surface area contributed by atoms with Gasteiger partial charge in [0.15, 0.2) is 0 Å². The van der Waals surface area contributed by atoms with Crippen molar-refractivity contribution in [3.8, 4) is 5.75 Å². The molecule has 0 bridgehead atoms. The molecule has 7 heteroatoms. The molecule has 1 unspecified atom stereocenters. The lowest BCUT2D eigenvalue weighted by atomic mass is 10.0. The third-order valence-corrected chi connectivity index (χ3v) is 2.66. The molecule has 1 atom stereocenters. The molecule has 0 saturated heterocycles. The third kappa shape index (κ3) is 2.66. The van der Waals surface area contributed by atoms with Crippen LogP contribution < -0.4 is 5.73 Å². The largest absolute Gasteiger partial charge is 0.508 e. The van der Waals surface area contributed by atoms with Gasteiger partial charge in [-0.05, 0) is 12.1 Å². The van der Waals surface area contributed by atoms with Gasteiger partial charge in [0.2, 0.25) is 0 Å². The smallest absolute Gasteiger partial charge is 0.416 e. The van der Waals surface area contributed by atoms with Crippen LogP contribution in [0.5, 0.6) is 5.75 Å². The van der Waals surface area contributed by atoms with Crippen LogP contribution >= 0.6 is 15.9 Å². The molecule has 4 N–H and O–H groups in total. The topological polar surface area (TPSA) is 66.5 Å². The van der Waals surface area contributed by atoms with E-state index < -0.39 is 30.1 Å². The maximum atomic E-state index is 12.3. The van der Waals surface area contributed by atoms with Crippen LogP contribution in [0.1, 0.15) is 17.2 Å². The molecule has 0 heterocycles. The van der Waals surface area contributed by atoms with E-state index in [9.17, 15) is 18.3 Å². The van der Waals surface area contributed by atoms with Crippen LogP contribution in [-0.4, -0.2) is 16.8 Å². The summed E-state index contributed by atoms with van der Waals surface area (Å²) in [6.07, 6.45) is -4.54. The van der Waals surface area contributed by atoms with Crippen LogP contribution in [0.4, 0.5) is 13.2 Å². The minimum absolute atomic E-state index is 0.0152. The molecule has 0 radical (unpaired) electrons. The quantitative estimate of drug-likeness (QED) is 0.784. The average Bonchev–Trinajstić information content (AvgIpc) is 2.14. The Hall–Kier alpha value is -0.790. The molecule has 0 spiro atoms. The lowest BCUT2D eigenvalue weighted by molar-refractivity contribution is -0.137. The summed E-state index contributed by atoms with van der Waals surface area (Å²) in [7, 11) is 0. The molecular formula is C9H9BrF3NO2. The molecule has 1 aromatic rings. The highest BCUT2D eigenvalue weighted by Crippen LogP contribution is 2.38. The number of alkyl halides is 3. The molecule has 90 valence electrons. The van der Waals surface area contributed by atoms with E-state index in [0.717, 1.165) is 6.07 Å². The average molecular weight is 300 g/mol. The van der Waals surface area contributed by atoms with Crippen molar-refractivity contribution in [2.75, 3.05) is 6.61 Å². The maximum Gasteiger partial charge on any atom is 0.416 e. The maximum absolute atomic E-state index is 12.3. The summed E-state index contributed by atoms with van der Waals surface area (Å²) in [6, 6.07) is 0.455. The Kier molecular flexibility index (Phi) is 3.82. The zero-order valence-corrected chi connectivity index (χ0v) is 9.51. The zero-order valence-electron chi connectivity index (χ0n) is 7.92. The van der Waals surface area contributed by atoms with E-state index >= 15 is 0 Å². The Morgan fingerprint density at radius 2 is 1.94 bits per heavy atom. The number of aliphatic hydroxyl groups excluding tert-OH is 1. The number of benzene rings is 1. The van der Waals surface area contributed by atoms with Gasteiger partial charge >= 0.3 is 6.18 Å². The molecule has 0 amide bonds. The van der Waals surface area contributed by atoms with Gasteiger partial charge in [0, 0.05) is 10.0 Å². The Labute approximate surface area is 97.8 Å². The van der Waals surface area contributed by atoms with Crippen LogP contribution in [-0.2, 0) is 6.18 Å². The van der Waals surface area contributed by atoms with Gasteiger partial charge in [0.1, 0.15) is 5.75 Å². The van der Waals surface area contributed by atoms with Crippen LogP contribution in [0.2, 0.25) is 0 Å². The van der Waals surface area contributed by atoms with E-state index in [1.807, 2.05) is 0 Å². The van der Waals surface area contributed by atoms with Gasteiger partial charge in [-0.1, -0.05) is 15.9 Å². The van der Waals surface area contributed by atoms with Crippen molar-refractivity contribution in [2.45, 2.75) is 12.2 Å². The van der Waals surface area contributed by atoms with E-state index in [-0.39, 0.29) is 10.0 Å². The molecule has 1 aromatic carbocycles. The predicted molar refractivity (Wildman–Crippen MR) is 54.8 cm³/mol. The molecule has 0 aromatic heterocycles. The Bertz CT molecular complexity index is 372. The Morgan fingerprint density at radius 3 is 2.31 bits per heavy atom. The van der Waals surface area contributed by atoms with E-state index in [0.29, 0.717) is 6.07 Å². The summed E-state index contributed by atoms with van der Waals surface area (Å²) in [4.78, 5) is 0. The number of phenolic OH excluding ortho intramolecular Hbond substituents is 1. The second kappa shape index (κ2) is 4.60. The Balaban J connectivity index is 3.28. The van der Waals surface area contributed by atoms with E-state index in [4.69, 9.17) is 10.8 Å². The zero-order chi connectivity index (χ0) is 12.5. The van der Waals surface area contributed by atoms with Crippen molar-refractivity contribution >= 4 is 15.9 Å². The minimum Gasteiger partial charge on any atom is -0.508 e. The Morgan fingerprint density at radius 1 is 1.38 bits per heavy atom. The summed E-state index contributed by atoms with van der Waals surface area (Å²) < 4.78 is 37.1. The summed E-state index contributed by atoms with van der Waals surface area (Å²) in [6.45, 7) is -0.475. The SMILES string of the molecule is NC(CO)c1c(O)cc(C(F)(F)F)cc1Br. The second-order valence-electron chi connectivity index (χ2n) is 3.18. The van der Waals surface area contributed by atoms with Crippen LogP contribution in [0.3, 0.4) is 0 Å². The number of hydrogen-bond donors (Lipinski definition) is 3. The van der Waals surface area contributed by atoms with Crippen molar-refractivity contribution in [1.29, 1.82) is 0 Å². The molecule has 3 nitrogen and oxygen atoms in total. The lowest BCUT2D eigenvalue weighted by Gasteiger charge is -2.15. The van der Waals surface area contributed by atoms with Crippen molar-refractivity contribution in [2.24, 2.45) is 5.73 Å². The van der Waals surface area contributed by atoms with E-state index in [1.165, 1.54) is 0 Å². The summed E-state index contributed by atoms with van der Waals surface area (Å²) in [5.41, 5.74) is 4.50. The standard InChI is InChI=1S/C9H9BrF3NO2/c10-5-1-4(9(11,12)13)2-7(16)8(5)6(14)3-15/h1-2,6,15-16H,3,14H2. The molecule has 0 aliphatic heterocycles. The fourth-order valence-corrected chi connectivity index (χ4v) is 1.97. The normalized spacial score (nSPS) is 13.9. The highest BCUT2D eigenvalue weighted by Gasteiger charge is 2.32. The molecule has 1 rings (SSSR count). The lowest BCUT2D eigenvalue weighted by Crippen LogP contribution is -2.16. The number of nitrogens with two attached hydrogens (primary N) is 1. The number of aromatic hydroxyl groups is 1. The van der Waals surface area contributed by atoms with Crippen molar-refractivity contribution < 1.29 is 23.4 Å². The molecule has 0 aliphatic rings. The summed E-state index contributed by atoms with van der Waals surface area (Å²) >= 11 is 2.88. The van der Waals surface area contributed by atoms with Gasteiger partial charge in [-0.25, -0.2) is 0 Å². The number of hydrogen-bond acceptors (Lipinski definition) is 3. The van der Waals surface area contributed by atoms with E-state index in [1.54, 1.807) is 0 Å². The molecular weight excluding hydrogens is 291 g/mol. The van der Waals surface area contributed by atoms with Gasteiger partial charge in [-0.3, -0.25) is 0 Å². The fraction of sp³-hybridized carbons (Fsp3) is 0.333. The van der Waals surface area contributed by atoms with Gasteiger partial charge in [-0.2, -0.15) is 13.2 Å². The molecule has 16 heavy (non-hydrogen) atoms. The number of halogens is 4. The number of phenols is 1. The first-order valence-corrected chi connectivity index (χ1v) is 5.02. The van der Waals surface area contributed by atoms with Crippen molar-refractivity contribution in [1.82, 2.24) is 0 Å². The van der Waals surface area contributed by atoms with Crippen LogP contribution in [0.15, 0.2) is 16.6 Å². The van der Waals surface area contributed by atoms with Gasteiger partial charge in [0.25, 0.3) is 0 Å². The van der Waals surface area contributed by atoms with E-state index in [2.05, 4.69) is 15.9 Å². The van der Waals surface area contributed by atoms with Gasteiger partial charge < -0.3 is 15.9 Å². The first-order valence-electron chi connectivity index (χ1n) is 4.23. The number of rotatable bonds is 2. The van der Waals surface area contributed by atoms with Crippen molar-refractivity contribution in [3.05, 3.63) is 27.7 Å².